The van der Waals surface area contributed by atoms with Crippen LogP contribution in [0.5, 0.6) is 0 Å². The van der Waals surface area contributed by atoms with Crippen LogP contribution in [0.4, 0.5) is 0 Å². The van der Waals surface area contributed by atoms with E-state index in [4.69, 9.17) is 39.5 Å². The molecule has 0 radical (unpaired) electrons. The Balaban J connectivity index is 1.73. The van der Waals surface area contributed by atoms with Gasteiger partial charge in [-0.15, -0.1) is 0 Å². The van der Waals surface area contributed by atoms with Crippen LogP contribution >= 0.6 is 34.8 Å². The maximum absolute atomic E-state index is 6.35. The van der Waals surface area contributed by atoms with E-state index in [1.54, 1.807) is 12.5 Å². The van der Waals surface area contributed by atoms with Crippen LogP contribution in [0.2, 0.25) is 15.1 Å². The molecule has 142 valence electrons. The van der Waals surface area contributed by atoms with E-state index in [9.17, 15) is 0 Å². The highest BCUT2D eigenvalue weighted by Crippen LogP contribution is 2.29. The van der Waals surface area contributed by atoms with E-state index in [1.165, 1.54) is 5.56 Å². The summed E-state index contributed by atoms with van der Waals surface area (Å²) in [4.78, 5) is 4.13. The lowest BCUT2D eigenvalue weighted by Crippen LogP contribution is -2.34. The summed E-state index contributed by atoms with van der Waals surface area (Å²) in [7, 11) is 0. The summed E-state index contributed by atoms with van der Waals surface area (Å²) in [5.41, 5.74) is 1.61. The Hall–Kier alpha value is -1.52. The fraction of sp³-hybridized carbons (Fsp3) is 0.286. The summed E-state index contributed by atoms with van der Waals surface area (Å²) in [6.07, 6.45) is 7.21. The average molecular weight is 424 g/mol. The van der Waals surface area contributed by atoms with Gasteiger partial charge in [0.1, 0.15) is 0 Å². The fourth-order valence-corrected chi connectivity index (χ4v) is 3.57. The predicted molar refractivity (Wildman–Crippen MR) is 112 cm³/mol. The van der Waals surface area contributed by atoms with Crippen LogP contribution in [0.3, 0.4) is 0 Å². The third kappa shape index (κ3) is 5.73. The molecule has 1 atom stereocenters. The van der Waals surface area contributed by atoms with Crippen molar-refractivity contribution in [2.24, 2.45) is 0 Å². The number of halogens is 3. The molecule has 3 nitrogen and oxygen atoms in total. The van der Waals surface area contributed by atoms with E-state index in [1.807, 2.05) is 53.2 Å². The summed E-state index contributed by atoms with van der Waals surface area (Å²) in [5, 5.41) is 1.97. The van der Waals surface area contributed by atoms with Crippen molar-refractivity contribution in [1.82, 2.24) is 9.55 Å². The first kappa shape index (κ1) is 20.2. The van der Waals surface area contributed by atoms with Crippen LogP contribution in [-0.4, -0.2) is 15.2 Å². The lowest BCUT2D eigenvalue weighted by Gasteiger charge is -2.31. The number of hydrogen-bond acceptors (Lipinski definition) is 2. The van der Waals surface area contributed by atoms with E-state index in [0.29, 0.717) is 23.2 Å². The van der Waals surface area contributed by atoms with Gasteiger partial charge in [0.2, 0.25) is 0 Å². The number of hydrogen-bond donors (Lipinski definition) is 0. The summed E-state index contributed by atoms with van der Waals surface area (Å²) < 4.78 is 8.38. The van der Waals surface area contributed by atoms with Crippen molar-refractivity contribution in [3.05, 3.63) is 87.4 Å². The number of aryl methyl sites for hydroxylation is 1. The molecule has 0 aliphatic heterocycles. The first-order valence-electron chi connectivity index (χ1n) is 8.72. The normalized spacial score (nSPS) is 13.5. The fourth-order valence-electron chi connectivity index (χ4n) is 2.94. The predicted octanol–water partition coefficient (Wildman–Crippen LogP) is 6.45. The van der Waals surface area contributed by atoms with Crippen molar-refractivity contribution in [3.63, 3.8) is 0 Å². The van der Waals surface area contributed by atoms with Crippen molar-refractivity contribution in [2.45, 2.75) is 38.5 Å². The van der Waals surface area contributed by atoms with Crippen molar-refractivity contribution < 1.29 is 4.74 Å². The zero-order valence-electron chi connectivity index (χ0n) is 15.0. The second-order valence-electron chi connectivity index (χ2n) is 6.80. The van der Waals surface area contributed by atoms with Crippen LogP contribution in [0, 0.1) is 0 Å². The second kappa shape index (κ2) is 9.11. The maximum Gasteiger partial charge on any atom is 0.0946 e. The number of imidazole rings is 1. The SMILES string of the molecule is CC(CCc1ccc(Cl)cc1)(Cn1ccnc1)OCc1c(Cl)cccc1Cl. The van der Waals surface area contributed by atoms with Crippen LogP contribution in [0.25, 0.3) is 0 Å². The standard InChI is InChI=1S/C21H21Cl3N2O/c1-21(14-26-12-11-25-15-26,10-9-16-5-7-17(22)8-6-16)27-13-18-19(23)3-2-4-20(18)24/h2-8,11-12,15H,9-10,13-14H2,1H3. The Bertz CT molecular complexity index is 845. The van der Waals surface area contributed by atoms with Crippen LogP contribution in [0.15, 0.2) is 61.2 Å². The molecule has 6 heteroatoms. The summed E-state index contributed by atoms with van der Waals surface area (Å²) in [6.45, 7) is 3.14. The lowest BCUT2D eigenvalue weighted by atomic mass is 9.96. The number of nitrogens with zero attached hydrogens (tertiary/aromatic N) is 2. The van der Waals surface area contributed by atoms with Gasteiger partial charge in [-0.2, -0.15) is 0 Å². The molecular weight excluding hydrogens is 403 g/mol. The molecule has 1 unspecified atom stereocenters. The van der Waals surface area contributed by atoms with Gasteiger partial charge in [0.05, 0.1) is 25.1 Å². The third-order valence-corrected chi connectivity index (χ3v) is 5.52. The largest absolute Gasteiger partial charge is 0.369 e. The molecule has 0 bridgehead atoms. The molecule has 3 rings (SSSR count). The van der Waals surface area contributed by atoms with Crippen molar-refractivity contribution in [3.8, 4) is 0 Å². The quantitative estimate of drug-likeness (QED) is 0.416. The molecule has 0 fully saturated rings. The first-order chi connectivity index (χ1) is 13.0. The molecule has 0 aliphatic carbocycles. The molecule has 27 heavy (non-hydrogen) atoms. The molecule has 0 saturated heterocycles. The van der Waals surface area contributed by atoms with Gasteiger partial charge in [0.25, 0.3) is 0 Å². The van der Waals surface area contributed by atoms with Gasteiger partial charge in [-0.1, -0.05) is 53.0 Å². The van der Waals surface area contributed by atoms with Gasteiger partial charge in [-0.3, -0.25) is 0 Å². The molecule has 0 spiro atoms. The van der Waals surface area contributed by atoms with Crippen LogP contribution < -0.4 is 0 Å². The van der Waals surface area contributed by atoms with Gasteiger partial charge in [0.15, 0.2) is 0 Å². The molecule has 0 N–H and O–H groups in total. The summed E-state index contributed by atoms with van der Waals surface area (Å²) in [6, 6.07) is 13.4. The van der Waals surface area contributed by atoms with Gasteiger partial charge < -0.3 is 9.30 Å². The number of ether oxygens (including phenoxy) is 1. The summed E-state index contributed by atoms with van der Waals surface area (Å²) in [5.74, 6) is 0. The van der Waals surface area contributed by atoms with Gasteiger partial charge >= 0.3 is 0 Å². The molecule has 0 saturated carbocycles. The molecular formula is C21H21Cl3N2O. The Kier molecular flexibility index (Phi) is 6.83. The Morgan fingerprint density at radius 1 is 1.04 bits per heavy atom. The highest BCUT2D eigenvalue weighted by Gasteiger charge is 2.26. The number of rotatable bonds is 8. The molecule has 0 aliphatic rings. The minimum atomic E-state index is -0.414. The monoisotopic (exact) mass is 422 g/mol. The van der Waals surface area contributed by atoms with Crippen molar-refractivity contribution in [1.29, 1.82) is 0 Å². The van der Waals surface area contributed by atoms with E-state index >= 15 is 0 Å². The molecule has 2 aromatic carbocycles. The lowest BCUT2D eigenvalue weighted by molar-refractivity contribution is -0.0601. The molecule has 1 heterocycles. The smallest absolute Gasteiger partial charge is 0.0946 e. The first-order valence-corrected chi connectivity index (χ1v) is 9.86. The average Bonchev–Trinajstić information content (AvgIpc) is 3.14. The molecule has 0 amide bonds. The number of aromatic nitrogens is 2. The highest BCUT2D eigenvalue weighted by molar-refractivity contribution is 6.35. The topological polar surface area (TPSA) is 27.1 Å². The number of benzene rings is 2. The Labute approximate surface area is 174 Å². The van der Waals surface area contributed by atoms with E-state index in [0.717, 1.165) is 23.4 Å². The minimum Gasteiger partial charge on any atom is -0.369 e. The Morgan fingerprint density at radius 3 is 2.37 bits per heavy atom. The zero-order valence-corrected chi connectivity index (χ0v) is 17.3. The van der Waals surface area contributed by atoms with Crippen molar-refractivity contribution in [2.75, 3.05) is 0 Å². The van der Waals surface area contributed by atoms with Gasteiger partial charge in [0, 0.05) is 33.0 Å². The maximum atomic E-state index is 6.35. The highest BCUT2D eigenvalue weighted by atomic mass is 35.5. The Morgan fingerprint density at radius 2 is 1.74 bits per heavy atom. The van der Waals surface area contributed by atoms with E-state index in [-0.39, 0.29) is 0 Å². The molecule has 1 aromatic heterocycles. The van der Waals surface area contributed by atoms with Crippen molar-refractivity contribution >= 4 is 34.8 Å². The zero-order chi connectivity index (χ0) is 19.3. The third-order valence-electron chi connectivity index (χ3n) is 4.56. The molecule has 3 aromatic rings. The van der Waals surface area contributed by atoms with E-state index in [2.05, 4.69) is 11.9 Å². The van der Waals surface area contributed by atoms with E-state index < -0.39 is 5.60 Å². The van der Waals surface area contributed by atoms with Gasteiger partial charge in [-0.05, 0) is 49.6 Å². The summed E-state index contributed by atoms with van der Waals surface area (Å²) >= 11 is 18.6. The second-order valence-corrected chi connectivity index (χ2v) is 8.05. The van der Waals surface area contributed by atoms with Crippen LogP contribution in [0.1, 0.15) is 24.5 Å². The van der Waals surface area contributed by atoms with Gasteiger partial charge in [-0.25, -0.2) is 4.98 Å². The van der Waals surface area contributed by atoms with Crippen LogP contribution in [-0.2, 0) is 24.3 Å². The minimum absolute atomic E-state index is 0.352.